The highest BCUT2D eigenvalue weighted by Crippen LogP contribution is 2.38. The third-order valence-electron chi connectivity index (χ3n) is 4.64. The van der Waals surface area contributed by atoms with Crippen LogP contribution in [0.3, 0.4) is 0 Å². The Balaban J connectivity index is 1.68. The van der Waals surface area contributed by atoms with Crippen LogP contribution in [0.1, 0.15) is 29.2 Å². The molecule has 162 valence electrons. The standard InChI is InChI=1S/C19H17F3N6O2S/c1-2-3-13-26-16(24-6-10-4-11(7-23-5-10)19(20,21)22)14-17(27-13)28(9-25-14)18-15(30)12(29)8-31-18/h4-5,7,9,12,15,18,29-30H,6,8H2,1H3,(H,24,26,27)/t12?,15?,18-/m1/s1. The number of thioether (sulfide) groups is 1. The lowest BCUT2D eigenvalue weighted by Gasteiger charge is -2.17. The minimum atomic E-state index is -4.49. The van der Waals surface area contributed by atoms with Crippen LogP contribution in [0.2, 0.25) is 0 Å². The Morgan fingerprint density at radius 3 is 2.77 bits per heavy atom. The molecule has 1 saturated heterocycles. The van der Waals surface area contributed by atoms with E-state index in [2.05, 4.69) is 37.1 Å². The Morgan fingerprint density at radius 1 is 1.29 bits per heavy atom. The Hall–Kier alpha value is -2.88. The van der Waals surface area contributed by atoms with Gasteiger partial charge in [0.25, 0.3) is 0 Å². The maximum atomic E-state index is 12.9. The fourth-order valence-corrected chi connectivity index (χ4v) is 4.43. The van der Waals surface area contributed by atoms with E-state index in [-0.39, 0.29) is 18.2 Å². The van der Waals surface area contributed by atoms with E-state index in [9.17, 15) is 23.4 Å². The van der Waals surface area contributed by atoms with E-state index in [4.69, 9.17) is 0 Å². The summed E-state index contributed by atoms with van der Waals surface area (Å²) in [5.41, 5.74) is 0.236. The first-order chi connectivity index (χ1) is 14.8. The molecule has 8 nitrogen and oxygen atoms in total. The maximum Gasteiger partial charge on any atom is 0.417 e. The normalized spacial score (nSPS) is 21.2. The Bertz CT molecular complexity index is 1170. The lowest BCUT2D eigenvalue weighted by Crippen LogP contribution is -2.27. The number of anilines is 1. The smallest absolute Gasteiger partial charge is 0.389 e. The molecule has 0 bridgehead atoms. The van der Waals surface area contributed by atoms with Gasteiger partial charge in [0.2, 0.25) is 5.82 Å². The molecule has 0 amide bonds. The maximum absolute atomic E-state index is 12.9. The summed E-state index contributed by atoms with van der Waals surface area (Å²) in [5.74, 6) is 6.32. The zero-order valence-corrected chi connectivity index (χ0v) is 16.9. The van der Waals surface area contributed by atoms with Crippen molar-refractivity contribution in [2.45, 2.75) is 37.2 Å². The van der Waals surface area contributed by atoms with Gasteiger partial charge in [-0.05, 0) is 24.5 Å². The van der Waals surface area contributed by atoms with E-state index in [1.165, 1.54) is 24.3 Å². The molecule has 3 aromatic heterocycles. The van der Waals surface area contributed by atoms with Gasteiger partial charge >= 0.3 is 6.18 Å². The topological polar surface area (TPSA) is 109 Å². The summed E-state index contributed by atoms with van der Waals surface area (Å²) in [6.07, 6.45) is -2.77. The van der Waals surface area contributed by atoms with Crippen molar-refractivity contribution in [3.63, 3.8) is 0 Å². The van der Waals surface area contributed by atoms with Crippen molar-refractivity contribution < 1.29 is 23.4 Å². The molecule has 3 aromatic rings. The average Bonchev–Trinajstić information content (AvgIpc) is 3.29. The van der Waals surface area contributed by atoms with Crippen molar-refractivity contribution in [2.24, 2.45) is 0 Å². The van der Waals surface area contributed by atoms with Crippen molar-refractivity contribution in [3.8, 4) is 11.8 Å². The predicted molar refractivity (Wildman–Crippen MR) is 108 cm³/mol. The molecular weight excluding hydrogens is 433 g/mol. The Kier molecular flexibility index (Phi) is 5.74. The number of alkyl halides is 3. The molecule has 0 radical (unpaired) electrons. The summed E-state index contributed by atoms with van der Waals surface area (Å²) >= 11 is 1.36. The Labute approximate surface area is 179 Å². The lowest BCUT2D eigenvalue weighted by atomic mass is 10.2. The molecule has 0 aliphatic carbocycles. The van der Waals surface area contributed by atoms with Gasteiger partial charge < -0.3 is 15.5 Å². The first-order valence-electron chi connectivity index (χ1n) is 9.18. The molecule has 2 unspecified atom stereocenters. The summed E-state index contributed by atoms with van der Waals surface area (Å²) in [5, 5.41) is 22.6. The van der Waals surface area contributed by atoms with Crippen molar-refractivity contribution >= 4 is 28.7 Å². The number of hydrogen-bond acceptors (Lipinski definition) is 8. The third kappa shape index (κ3) is 4.30. The van der Waals surface area contributed by atoms with Gasteiger partial charge in [0.15, 0.2) is 17.0 Å². The number of pyridine rings is 1. The number of imidazole rings is 1. The zero-order valence-electron chi connectivity index (χ0n) is 16.1. The largest absolute Gasteiger partial charge is 0.417 e. The minimum Gasteiger partial charge on any atom is -0.389 e. The summed E-state index contributed by atoms with van der Waals surface area (Å²) < 4.78 is 40.5. The third-order valence-corrected chi connectivity index (χ3v) is 6.02. The van der Waals surface area contributed by atoms with Gasteiger partial charge in [0, 0.05) is 24.7 Å². The van der Waals surface area contributed by atoms with E-state index in [0.29, 0.717) is 22.5 Å². The molecule has 31 heavy (non-hydrogen) atoms. The summed E-state index contributed by atoms with van der Waals surface area (Å²) in [4.78, 5) is 16.7. The first-order valence-corrected chi connectivity index (χ1v) is 10.2. The second-order valence-electron chi connectivity index (χ2n) is 6.81. The summed E-state index contributed by atoms with van der Waals surface area (Å²) in [7, 11) is 0. The number of rotatable bonds is 4. The number of aliphatic hydroxyl groups excluding tert-OH is 2. The second-order valence-corrected chi connectivity index (χ2v) is 7.96. The van der Waals surface area contributed by atoms with Crippen LogP contribution in [0.4, 0.5) is 19.0 Å². The molecule has 4 heterocycles. The summed E-state index contributed by atoms with van der Waals surface area (Å²) in [6, 6.07) is 1.01. The van der Waals surface area contributed by atoms with Gasteiger partial charge in [-0.2, -0.15) is 13.2 Å². The van der Waals surface area contributed by atoms with Crippen LogP contribution in [0.5, 0.6) is 0 Å². The molecule has 1 fully saturated rings. The number of hydrogen-bond donors (Lipinski definition) is 3. The van der Waals surface area contributed by atoms with Crippen molar-refractivity contribution in [2.75, 3.05) is 11.1 Å². The highest BCUT2D eigenvalue weighted by Gasteiger charge is 2.36. The van der Waals surface area contributed by atoms with Gasteiger partial charge in [-0.1, -0.05) is 5.92 Å². The zero-order chi connectivity index (χ0) is 22.2. The Morgan fingerprint density at radius 2 is 2.10 bits per heavy atom. The van der Waals surface area contributed by atoms with Crippen LogP contribution in [0.25, 0.3) is 11.2 Å². The average molecular weight is 450 g/mol. The van der Waals surface area contributed by atoms with Gasteiger partial charge in [-0.25, -0.2) is 15.0 Å². The predicted octanol–water partition coefficient (Wildman–Crippen LogP) is 2.19. The SMILES string of the molecule is CC#Cc1nc(NCc2cncc(C(F)(F)F)c2)c2ncn([C@@H]3SCC(O)C3O)c2n1. The van der Waals surface area contributed by atoms with Crippen LogP contribution >= 0.6 is 11.8 Å². The molecule has 0 aromatic carbocycles. The molecule has 4 rings (SSSR count). The van der Waals surface area contributed by atoms with E-state index in [1.54, 1.807) is 11.5 Å². The quantitative estimate of drug-likeness (QED) is 0.519. The molecule has 1 aliphatic rings. The number of nitrogens with one attached hydrogen (secondary N) is 1. The van der Waals surface area contributed by atoms with Crippen LogP contribution in [0, 0.1) is 11.8 Å². The summed E-state index contributed by atoms with van der Waals surface area (Å²) in [6.45, 7) is 1.65. The molecule has 3 atom stereocenters. The first kappa shape index (κ1) is 21.4. The molecule has 3 N–H and O–H groups in total. The molecule has 0 saturated carbocycles. The van der Waals surface area contributed by atoms with E-state index >= 15 is 0 Å². The van der Waals surface area contributed by atoms with Crippen molar-refractivity contribution in [1.29, 1.82) is 0 Å². The number of fused-ring (bicyclic) bond motifs is 1. The molecule has 12 heteroatoms. The highest BCUT2D eigenvalue weighted by molar-refractivity contribution is 7.99. The van der Waals surface area contributed by atoms with Gasteiger partial charge in [-0.3, -0.25) is 9.55 Å². The van der Waals surface area contributed by atoms with Gasteiger partial charge in [0.1, 0.15) is 11.5 Å². The van der Waals surface area contributed by atoms with Crippen LogP contribution in [-0.2, 0) is 12.7 Å². The van der Waals surface area contributed by atoms with Gasteiger partial charge in [0.05, 0.1) is 18.0 Å². The number of halogens is 3. The minimum absolute atomic E-state index is 0.0222. The van der Waals surface area contributed by atoms with E-state index in [0.717, 1.165) is 12.3 Å². The number of nitrogens with zero attached hydrogens (tertiary/aromatic N) is 5. The molecular formula is C19H17F3N6O2S. The monoisotopic (exact) mass is 450 g/mol. The second kappa shape index (κ2) is 8.33. The van der Waals surface area contributed by atoms with Crippen LogP contribution in [-0.4, -0.2) is 52.7 Å². The highest BCUT2D eigenvalue weighted by atomic mass is 32.2. The molecule has 1 aliphatic heterocycles. The van der Waals surface area contributed by atoms with Crippen LogP contribution < -0.4 is 5.32 Å². The van der Waals surface area contributed by atoms with Crippen molar-refractivity contribution in [1.82, 2.24) is 24.5 Å². The fourth-order valence-electron chi connectivity index (χ4n) is 3.15. The molecule has 0 spiro atoms. The number of aliphatic hydroxyl groups is 2. The van der Waals surface area contributed by atoms with Crippen molar-refractivity contribution in [3.05, 3.63) is 41.7 Å². The fraction of sp³-hybridized carbons (Fsp3) is 0.368. The van der Waals surface area contributed by atoms with E-state index in [1.807, 2.05) is 0 Å². The van der Waals surface area contributed by atoms with Crippen LogP contribution in [0.15, 0.2) is 24.8 Å². The van der Waals surface area contributed by atoms with Gasteiger partial charge in [-0.15, -0.1) is 11.8 Å². The number of aromatic nitrogens is 5. The lowest BCUT2D eigenvalue weighted by molar-refractivity contribution is -0.137. The van der Waals surface area contributed by atoms with E-state index < -0.39 is 29.3 Å².